The minimum Gasteiger partial charge on any atom is -0.444 e. The van der Waals surface area contributed by atoms with Gasteiger partial charge in [-0.1, -0.05) is 23.4 Å². The van der Waals surface area contributed by atoms with E-state index in [1.165, 1.54) is 4.90 Å². The summed E-state index contributed by atoms with van der Waals surface area (Å²) < 4.78 is 5.78. The van der Waals surface area contributed by atoms with Gasteiger partial charge in [0.1, 0.15) is 5.84 Å². The first-order valence-electron chi connectivity index (χ1n) is 6.20. The third kappa shape index (κ3) is 3.85. The van der Waals surface area contributed by atoms with Crippen molar-refractivity contribution in [3.05, 3.63) is 52.9 Å². The summed E-state index contributed by atoms with van der Waals surface area (Å²) >= 11 is 3.17. The number of halogens is 1. The summed E-state index contributed by atoms with van der Waals surface area (Å²) in [6, 6.07) is 12.4. The highest BCUT2D eigenvalue weighted by atomic mass is 79.9. The normalized spacial score (nSPS) is 11.4. The second-order valence-corrected chi connectivity index (χ2v) is 5.02. The van der Waals surface area contributed by atoms with E-state index in [4.69, 9.17) is 15.4 Å². The van der Waals surface area contributed by atoms with Gasteiger partial charge in [0.05, 0.1) is 0 Å². The Hall–Kier alpha value is -2.28. The SMILES string of the molecule is N/C(CCN(C(=O)c1ccc(Br)o1)c1ccccc1)=N/O. The summed E-state index contributed by atoms with van der Waals surface area (Å²) in [6.45, 7) is 0.275. The van der Waals surface area contributed by atoms with Gasteiger partial charge in [0.25, 0.3) is 5.91 Å². The van der Waals surface area contributed by atoms with Gasteiger partial charge in [-0.25, -0.2) is 0 Å². The summed E-state index contributed by atoms with van der Waals surface area (Å²) in [5.41, 5.74) is 6.18. The molecule has 3 N–H and O–H groups in total. The van der Waals surface area contributed by atoms with Crippen molar-refractivity contribution in [2.75, 3.05) is 11.4 Å². The zero-order valence-corrected chi connectivity index (χ0v) is 12.7. The number of para-hydroxylation sites is 1. The number of carbonyl (C=O) groups is 1. The van der Waals surface area contributed by atoms with Gasteiger partial charge in [-0.3, -0.25) is 4.79 Å². The Morgan fingerprint density at radius 3 is 2.57 bits per heavy atom. The molecule has 0 aliphatic heterocycles. The summed E-state index contributed by atoms with van der Waals surface area (Å²) in [5.74, 6) is -0.0211. The van der Waals surface area contributed by atoms with Crippen LogP contribution in [0.2, 0.25) is 0 Å². The predicted octanol–water partition coefficient (Wildman–Crippen LogP) is 2.83. The molecule has 0 radical (unpaired) electrons. The highest BCUT2D eigenvalue weighted by molar-refractivity contribution is 9.10. The van der Waals surface area contributed by atoms with Crippen LogP contribution < -0.4 is 10.6 Å². The molecule has 6 nitrogen and oxygen atoms in total. The molecule has 0 aliphatic rings. The van der Waals surface area contributed by atoms with E-state index in [-0.39, 0.29) is 30.5 Å². The molecule has 0 aliphatic carbocycles. The number of amidine groups is 1. The molecule has 1 aromatic carbocycles. The largest absolute Gasteiger partial charge is 0.444 e. The zero-order valence-electron chi connectivity index (χ0n) is 11.1. The highest BCUT2D eigenvalue weighted by Crippen LogP contribution is 2.20. The van der Waals surface area contributed by atoms with E-state index >= 15 is 0 Å². The van der Waals surface area contributed by atoms with Crippen molar-refractivity contribution in [2.24, 2.45) is 10.9 Å². The Labute approximate surface area is 130 Å². The highest BCUT2D eigenvalue weighted by Gasteiger charge is 2.20. The zero-order chi connectivity index (χ0) is 15.2. The van der Waals surface area contributed by atoms with Crippen LogP contribution in [-0.2, 0) is 0 Å². The van der Waals surface area contributed by atoms with E-state index < -0.39 is 0 Å². The van der Waals surface area contributed by atoms with Crippen molar-refractivity contribution in [1.29, 1.82) is 0 Å². The van der Waals surface area contributed by atoms with Crippen molar-refractivity contribution in [1.82, 2.24) is 0 Å². The van der Waals surface area contributed by atoms with Crippen molar-refractivity contribution in [2.45, 2.75) is 6.42 Å². The number of oxime groups is 1. The fraction of sp³-hybridized carbons (Fsp3) is 0.143. The molecule has 21 heavy (non-hydrogen) atoms. The summed E-state index contributed by atoms with van der Waals surface area (Å²) in [4.78, 5) is 14.0. The van der Waals surface area contributed by atoms with Crippen molar-refractivity contribution < 1.29 is 14.4 Å². The third-order valence-corrected chi connectivity index (χ3v) is 3.24. The molecule has 0 spiro atoms. The molecule has 0 atom stereocenters. The molecule has 1 aromatic heterocycles. The van der Waals surface area contributed by atoms with Crippen LogP contribution in [0.4, 0.5) is 5.69 Å². The van der Waals surface area contributed by atoms with E-state index in [2.05, 4.69) is 21.1 Å². The molecule has 0 bridgehead atoms. The Bertz CT molecular complexity index is 640. The predicted molar refractivity (Wildman–Crippen MR) is 82.6 cm³/mol. The van der Waals surface area contributed by atoms with Crippen LogP contribution in [0.3, 0.4) is 0 Å². The van der Waals surface area contributed by atoms with Gasteiger partial charge in [0, 0.05) is 18.7 Å². The van der Waals surface area contributed by atoms with E-state index in [9.17, 15) is 4.79 Å². The van der Waals surface area contributed by atoms with E-state index in [1.807, 2.05) is 30.3 Å². The molecule has 2 rings (SSSR count). The van der Waals surface area contributed by atoms with Gasteiger partial charge in [-0.15, -0.1) is 0 Å². The standard InChI is InChI=1S/C14H14BrN3O3/c15-12-7-6-11(21-12)14(19)18(9-8-13(16)17-20)10-4-2-1-3-5-10/h1-7,20H,8-9H2,(H2,16,17). The molecular formula is C14H14BrN3O3. The van der Waals surface area contributed by atoms with Crippen LogP contribution in [-0.4, -0.2) is 23.5 Å². The average molecular weight is 352 g/mol. The first-order chi connectivity index (χ1) is 10.1. The Kier molecular flexibility index (Phi) is 4.99. The van der Waals surface area contributed by atoms with Crippen LogP contribution in [0, 0.1) is 0 Å². The van der Waals surface area contributed by atoms with Crippen LogP contribution in [0.25, 0.3) is 0 Å². The van der Waals surface area contributed by atoms with Crippen molar-refractivity contribution in [3.8, 4) is 0 Å². The molecule has 1 amide bonds. The van der Waals surface area contributed by atoms with Crippen molar-refractivity contribution >= 4 is 33.4 Å². The van der Waals surface area contributed by atoms with E-state index in [0.29, 0.717) is 10.4 Å². The van der Waals surface area contributed by atoms with Gasteiger partial charge in [0.2, 0.25) is 0 Å². The first kappa shape index (κ1) is 15.1. The number of furan rings is 1. The van der Waals surface area contributed by atoms with Crippen LogP contribution >= 0.6 is 15.9 Å². The molecular weight excluding hydrogens is 338 g/mol. The molecule has 0 fully saturated rings. The number of nitrogens with two attached hydrogens (primary N) is 1. The molecule has 0 unspecified atom stereocenters. The monoisotopic (exact) mass is 351 g/mol. The number of hydrogen-bond acceptors (Lipinski definition) is 4. The maximum Gasteiger partial charge on any atom is 0.294 e. The summed E-state index contributed by atoms with van der Waals surface area (Å²) in [5, 5.41) is 11.5. The number of anilines is 1. The van der Waals surface area contributed by atoms with E-state index in [0.717, 1.165) is 0 Å². The number of carbonyl (C=O) groups excluding carboxylic acids is 1. The molecule has 1 heterocycles. The summed E-state index contributed by atoms with van der Waals surface area (Å²) in [6.07, 6.45) is 0.249. The Balaban J connectivity index is 2.25. The fourth-order valence-corrected chi connectivity index (χ4v) is 2.10. The van der Waals surface area contributed by atoms with Gasteiger partial charge >= 0.3 is 0 Å². The lowest BCUT2D eigenvalue weighted by molar-refractivity contribution is 0.0959. The van der Waals surface area contributed by atoms with Gasteiger partial charge in [-0.2, -0.15) is 0 Å². The molecule has 110 valence electrons. The maximum absolute atomic E-state index is 12.5. The van der Waals surface area contributed by atoms with E-state index in [1.54, 1.807) is 12.1 Å². The Morgan fingerprint density at radius 1 is 1.29 bits per heavy atom. The quantitative estimate of drug-likeness (QED) is 0.375. The number of amides is 1. The van der Waals surface area contributed by atoms with Gasteiger partial charge < -0.3 is 20.3 Å². The maximum atomic E-state index is 12.5. The smallest absolute Gasteiger partial charge is 0.294 e. The number of rotatable bonds is 5. The number of hydrogen-bond donors (Lipinski definition) is 2. The number of nitrogens with zero attached hydrogens (tertiary/aromatic N) is 2. The average Bonchev–Trinajstić information content (AvgIpc) is 2.94. The molecule has 0 saturated carbocycles. The lowest BCUT2D eigenvalue weighted by atomic mass is 10.2. The van der Waals surface area contributed by atoms with Crippen LogP contribution in [0.1, 0.15) is 17.0 Å². The van der Waals surface area contributed by atoms with Crippen molar-refractivity contribution in [3.63, 3.8) is 0 Å². The van der Waals surface area contributed by atoms with Gasteiger partial charge in [-0.05, 0) is 40.2 Å². The summed E-state index contributed by atoms with van der Waals surface area (Å²) in [7, 11) is 0. The van der Waals surface area contributed by atoms with Crippen LogP contribution in [0.5, 0.6) is 0 Å². The third-order valence-electron chi connectivity index (χ3n) is 2.82. The number of benzene rings is 1. The van der Waals surface area contributed by atoms with Crippen LogP contribution in [0.15, 0.2) is 56.7 Å². The Morgan fingerprint density at radius 2 is 2.00 bits per heavy atom. The molecule has 0 saturated heterocycles. The second kappa shape index (κ2) is 6.94. The topological polar surface area (TPSA) is 92.1 Å². The fourth-order valence-electron chi connectivity index (χ4n) is 1.79. The lowest BCUT2D eigenvalue weighted by Crippen LogP contribution is -2.33. The lowest BCUT2D eigenvalue weighted by Gasteiger charge is -2.21. The minimum atomic E-state index is -0.294. The molecule has 2 aromatic rings. The van der Waals surface area contributed by atoms with Gasteiger partial charge in [0.15, 0.2) is 10.4 Å². The first-order valence-corrected chi connectivity index (χ1v) is 6.99. The second-order valence-electron chi connectivity index (χ2n) is 4.24. The molecule has 7 heteroatoms. The minimum absolute atomic E-state index is 0.0596.